The zero-order chi connectivity index (χ0) is 21.3. The SMILES string of the molecule is CC[C@H](Oc1ccccc1)C(=O)N(C)CC(=O)Nc1ccc(N2CCOCC2)cc1. The molecule has 0 spiro atoms. The first-order chi connectivity index (χ1) is 14.6. The summed E-state index contributed by atoms with van der Waals surface area (Å²) in [6.07, 6.45) is -0.110. The number of carbonyl (C=O) groups is 2. The molecule has 2 aromatic carbocycles. The largest absolute Gasteiger partial charge is 0.481 e. The maximum atomic E-state index is 12.7. The molecule has 0 unspecified atom stereocenters. The van der Waals surface area contributed by atoms with E-state index < -0.39 is 6.10 Å². The number of ether oxygens (including phenoxy) is 2. The number of amides is 2. The number of benzene rings is 2. The molecule has 1 aliphatic rings. The van der Waals surface area contributed by atoms with Crippen LogP contribution in [0.1, 0.15) is 13.3 Å². The number of anilines is 2. The third-order valence-electron chi connectivity index (χ3n) is 4.95. The molecule has 1 atom stereocenters. The number of carbonyl (C=O) groups excluding carboxylic acids is 2. The number of rotatable bonds is 8. The van der Waals surface area contributed by atoms with Crippen LogP contribution in [-0.2, 0) is 14.3 Å². The van der Waals surface area contributed by atoms with E-state index in [9.17, 15) is 9.59 Å². The first-order valence-corrected chi connectivity index (χ1v) is 10.3. The van der Waals surface area contributed by atoms with Gasteiger partial charge in [0.1, 0.15) is 5.75 Å². The third kappa shape index (κ3) is 5.97. The molecule has 1 aliphatic heterocycles. The molecular formula is C23H29N3O4. The molecule has 0 saturated carbocycles. The zero-order valence-electron chi connectivity index (χ0n) is 17.5. The lowest BCUT2D eigenvalue weighted by Gasteiger charge is -2.29. The number of nitrogens with zero attached hydrogens (tertiary/aromatic N) is 2. The van der Waals surface area contributed by atoms with Crippen LogP contribution in [0, 0.1) is 0 Å². The highest BCUT2D eigenvalue weighted by atomic mass is 16.5. The predicted octanol–water partition coefficient (Wildman–Crippen LogP) is 2.78. The summed E-state index contributed by atoms with van der Waals surface area (Å²) in [5.41, 5.74) is 1.80. The second-order valence-corrected chi connectivity index (χ2v) is 7.22. The zero-order valence-corrected chi connectivity index (χ0v) is 17.5. The molecule has 7 nitrogen and oxygen atoms in total. The summed E-state index contributed by atoms with van der Waals surface area (Å²) in [5.74, 6) is 0.162. The Labute approximate surface area is 177 Å². The van der Waals surface area contributed by atoms with Crippen molar-refractivity contribution in [3.63, 3.8) is 0 Å². The summed E-state index contributed by atoms with van der Waals surface area (Å²) < 4.78 is 11.2. The highest BCUT2D eigenvalue weighted by molar-refractivity contribution is 5.95. The molecule has 2 aromatic rings. The van der Waals surface area contributed by atoms with E-state index in [-0.39, 0.29) is 18.4 Å². The van der Waals surface area contributed by atoms with Gasteiger partial charge in [-0.1, -0.05) is 25.1 Å². The monoisotopic (exact) mass is 411 g/mol. The number of para-hydroxylation sites is 1. The minimum absolute atomic E-state index is 0.0430. The minimum atomic E-state index is -0.627. The number of hydrogen-bond donors (Lipinski definition) is 1. The average molecular weight is 412 g/mol. The van der Waals surface area contributed by atoms with E-state index >= 15 is 0 Å². The lowest BCUT2D eigenvalue weighted by Crippen LogP contribution is -2.43. The van der Waals surface area contributed by atoms with Gasteiger partial charge < -0.3 is 24.6 Å². The molecule has 0 bridgehead atoms. The Morgan fingerprint density at radius 2 is 1.77 bits per heavy atom. The number of hydrogen-bond acceptors (Lipinski definition) is 5. The van der Waals surface area contributed by atoms with Crippen molar-refractivity contribution < 1.29 is 19.1 Å². The molecule has 0 aromatic heterocycles. The van der Waals surface area contributed by atoms with Crippen LogP contribution in [0.4, 0.5) is 11.4 Å². The van der Waals surface area contributed by atoms with E-state index in [1.807, 2.05) is 61.5 Å². The number of nitrogens with one attached hydrogen (secondary N) is 1. The summed E-state index contributed by atoms with van der Waals surface area (Å²) in [6.45, 7) is 5.02. The average Bonchev–Trinajstić information content (AvgIpc) is 2.78. The Morgan fingerprint density at radius 1 is 1.10 bits per heavy atom. The quantitative estimate of drug-likeness (QED) is 0.723. The molecule has 1 N–H and O–H groups in total. The summed E-state index contributed by atoms with van der Waals surface area (Å²) >= 11 is 0. The number of morpholine rings is 1. The third-order valence-corrected chi connectivity index (χ3v) is 4.95. The van der Waals surface area contributed by atoms with Crippen LogP contribution in [0.25, 0.3) is 0 Å². The van der Waals surface area contributed by atoms with Crippen LogP contribution in [0.2, 0.25) is 0 Å². The van der Waals surface area contributed by atoms with E-state index in [1.54, 1.807) is 7.05 Å². The second kappa shape index (κ2) is 10.6. The predicted molar refractivity (Wildman–Crippen MR) is 117 cm³/mol. The summed E-state index contributed by atoms with van der Waals surface area (Å²) in [7, 11) is 1.61. The van der Waals surface area contributed by atoms with Crippen LogP contribution in [-0.4, -0.2) is 62.7 Å². The van der Waals surface area contributed by atoms with E-state index in [1.165, 1.54) is 4.90 Å². The van der Waals surface area contributed by atoms with E-state index in [0.29, 0.717) is 17.9 Å². The van der Waals surface area contributed by atoms with Crippen molar-refractivity contribution in [3.8, 4) is 5.75 Å². The first-order valence-electron chi connectivity index (χ1n) is 10.3. The van der Waals surface area contributed by atoms with Gasteiger partial charge in [0.05, 0.1) is 19.8 Å². The van der Waals surface area contributed by atoms with Crippen molar-refractivity contribution in [1.29, 1.82) is 0 Å². The topological polar surface area (TPSA) is 71.1 Å². The second-order valence-electron chi connectivity index (χ2n) is 7.22. The molecule has 2 amide bonds. The van der Waals surface area contributed by atoms with Gasteiger partial charge in [-0.25, -0.2) is 0 Å². The molecule has 160 valence electrons. The van der Waals surface area contributed by atoms with E-state index in [4.69, 9.17) is 9.47 Å². The Balaban J connectivity index is 1.51. The minimum Gasteiger partial charge on any atom is -0.481 e. The van der Waals surface area contributed by atoms with Gasteiger partial charge in [-0.2, -0.15) is 0 Å². The van der Waals surface area contributed by atoms with Gasteiger partial charge in [0, 0.05) is 31.5 Å². The molecular weight excluding hydrogens is 382 g/mol. The van der Waals surface area contributed by atoms with Gasteiger partial charge in [0.25, 0.3) is 5.91 Å². The van der Waals surface area contributed by atoms with Gasteiger partial charge in [0.2, 0.25) is 5.91 Å². The Hall–Kier alpha value is -3.06. The summed E-state index contributed by atoms with van der Waals surface area (Å²) in [4.78, 5) is 28.7. The highest BCUT2D eigenvalue weighted by Crippen LogP contribution is 2.19. The number of likely N-dealkylation sites (N-methyl/N-ethyl adjacent to an activating group) is 1. The molecule has 1 heterocycles. The molecule has 7 heteroatoms. The van der Waals surface area contributed by atoms with Crippen molar-refractivity contribution in [2.45, 2.75) is 19.4 Å². The fraction of sp³-hybridized carbons (Fsp3) is 0.391. The van der Waals surface area contributed by atoms with Crippen LogP contribution in [0.5, 0.6) is 5.75 Å². The lowest BCUT2D eigenvalue weighted by molar-refractivity contribution is -0.139. The van der Waals surface area contributed by atoms with Gasteiger partial charge in [-0.3, -0.25) is 9.59 Å². The Kier molecular flexibility index (Phi) is 7.68. The van der Waals surface area contributed by atoms with Crippen LogP contribution < -0.4 is 15.0 Å². The molecule has 1 fully saturated rings. The maximum absolute atomic E-state index is 12.7. The summed E-state index contributed by atoms with van der Waals surface area (Å²) in [6, 6.07) is 16.9. The first kappa shape index (κ1) is 21.6. The van der Waals surface area contributed by atoms with Crippen LogP contribution in [0.15, 0.2) is 54.6 Å². The standard InChI is InChI=1S/C23H29N3O4/c1-3-21(30-20-7-5-4-6-8-20)23(28)25(2)17-22(27)24-18-9-11-19(12-10-18)26-13-15-29-16-14-26/h4-12,21H,3,13-17H2,1-2H3,(H,24,27)/t21-/m0/s1. The highest BCUT2D eigenvalue weighted by Gasteiger charge is 2.23. The maximum Gasteiger partial charge on any atom is 0.263 e. The molecule has 1 saturated heterocycles. The summed E-state index contributed by atoms with van der Waals surface area (Å²) in [5, 5.41) is 2.85. The van der Waals surface area contributed by atoms with E-state index in [2.05, 4.69) is 10.2 Å². The van der Waals surface area contributed by atoms with E-state index in [0.717, 1.165) is 32.0 Å². The van der Waals surface area contributed by atoms with Gasteiger partial charge in [0.15, 0.2) is 6.10 Å². The van der Waals surface area contributed by atoms with Crippen molar-refractivity contribution in [1.82, 2.24) is 4.90 Å². The smallest absolute Gasteiger partial charge is 0.263 e. The Bertz CT molecular complexity index is 820. The molecule has 0 aliphatic carbocycles. The Morgan fingerprint density at radius 3 is 2.40 bits per heavy atom. The molecule has 0 radical (unpaired) electrons. The van der Waals surface area contributed by atoms with Crippen LogP contribution >= 0.6 is 0 Å². The van der Waals surface area contributed by atoms with Gasteiger partial charge in [-0.05, 0) is 42.8 Å². The fourth-order valence-electron chi connectivity index (χ4n) is 3.29. The van der Waals surface area contributed by atoms with Crippen molar-refractivity contribution in [2.75, 3.05) is 50.1 Å². The molecule has 30 heavy (non-hydrogen) atoms. The van der Waals surface area contributed by atoms with Crippen molar-refractivity contribution >= 4 is 23.2 Å². The van der Waals surface area contributed by atoms with Gasteiger partial charge in [-0.15, -0.1) is 0 Å². The van der Waals surface area contributed by atoms with Crippen molar-refractivity contribution in [3.05, 3.63) is 54.6 Å². The molecule has 3 rings (SSSR count). The fourth-order valence-corrected chi connectivity index (χ4v) is 3.29. The van der Waals surface area contributed by atoms with Gasteiger partial charge >= 0.3 is 0 Å². The lowest BCUT2D eigenvalue weighted by atomic mass is 10.2. The normalized spacial score (nSPS) is 14.7. The van der Waals surface area contributed by atoms with Crippen molar-refractivity contribution in [2.24, 2.45) is 0 Å². The van der Waals surface area contributed by atoms with Crippen LogP contribution in [0.3, 0.4) is 0 Å².